The van der Waals surface area contributed by atoms with Crippen LogP contribution in [0.2, 0.25) is 0 Å². The van der Waals surface area contributed by atoms with Crippen LogP contribution in [0.3, 0.4) is 0 Å². The van der Waals surface area contributed by atoms with Crippen LogP contribution in [0.25, 0.3) is 0 Å². The fourth-order valence-corrected chi connectivity index (χ4v) is 2.37. The number of nitrogens with one attached hydrogen (secondary N) is 1. The smallest absolute Gasteiger partial charge is 0.251 e. The van der Waals surface area contributed by atoms with Gasteiger partial charge in [0.25, 0.3) is 5.91 Å². The lowest BCUT2D eigenvalue weighted by molar-refractivity contribution is 0.0948. The summed E-state index contributed by atoms with van der Waals surface area (Å²) in [7, 11) is 0. The van der Waals surface area contributed by atoms with Crippen molar-refractivity contribution in [3.63, 3.8) is 0 Å². The zero-order chi connectivity index (χ0) is 13.8. The van der Waals surface area contributed by atoms with Gasteiger partial charge in [-0.3, -0.25) is 4.79 Å². The number of hydrogen-bond acceptors (Lipinski definition) is 3. The molecule has 1 saturated carbocycles. The monoisotopic (exact) mass is 262 g/mol. The molecule has 19 heavy (non-hydrogen) atoms. The maximum atomic E-state index is 12.1. The lowest BCUT2D eigenvalue weighted by Gasteiger charge is -2.09. The third kappa shape index (κ3) is 3.63. The largest absolute Gasteiger partial charge is 0.494 e. The van der Waals surface area contributed by atoms with Gasteiger partial charge in [0.2, 0.25) is 0 Å². The highest BCUT2D eigenvalue weighted by molar-refractivity contribution is 5.96. The van der Waals surface area contributed by atoms with Gasteiger partial charge in [0.1, 0.15) is 5.75 Å². The molecule has 1 aliphatic carbocycles. The number of carbonyl (C=O) groups excluding carboxylic acids is 1. The first-order chi connectivity index (χ1) is 9.13. The average molecular weight is 262 g/mol. The molecular formula is C15H22N2O2. The van der Waals surface area contributed by atoms with Gasteiger partial charge >= 0.3 is 0 Å². The van der Waals surface area contributed by atoms with E-state index in [9.17, 15) is 4.79 Å². The summed E-state index contributed by atoms with van der Waals surface area (Å²) in [6, 6.07) is 5.50. The van der Waals surface area contributed by atoms with Crippen molar-refractivity contribution < 1.29 is 9.53 Å². The maximum Gasteiger partial charge on any atom is 0.251 e. The number of nitrogens with two attached hydrogens (primary N) is 1. The fraction of sp³-hybridized carbons (Fsp3) is 0.533. The van der Waals surface area contributed by atoms with E-state index in [1.165, 1.54) is 12.8 Å². The molecule has 0 heterocycles. The van der Waals surface area contributed by atoms with Crippen LogP contribution in [0.5, 0.6) is 5.75 Å². The lowest BCUT2D eigenvalue weighted by Crippen LogP contribution is -2.27. The first-order valence-electron chi connectivity index (χ1n) is 6.98. The standard InChI is InChI=1S/C15H22N2O2/c1-3-5-10-8-14(10)17-15(18)11-6-12(16)9-13(7-11)19-4-2/h6-7,9-10,14H,3-5,8,16H2,1-2H3,(H,17,18). The minimum absolute atomic E-state index is 0.0585. The Kier molecular flexibility index (Phi) is 4.30. The molecule has 3 N–H and O–H groups in total. The van der Waals surface area contributed by atoms with Gasteiger partial charge in [-0.15, -0.1) is 0 Å². The zero-order valence-corrected chi connectivity index (χ0v) is 11.6. The Morgan fingerprint density at radius 3 is 2.89 bits per heavy atom. The number of nitrogen functional groups attached to an aromatic ring is 1. The number of hydrogen-bond donors (Lipinski definition) is 2. The summed E-state index contributed by atoms with van der Waals surface area (Å²) in [5.41, 5.74) is 6.92. The normalized spacial score (nSPS) is 20.9. The second-order valence-electron chi connectivity index (χ2n) is 5.09. The van der Waals surface area contributed by atoms with Gasteiger partial charge in [-0.1, -0.05) is 13.3 Å². The van der Waals surface area contributed by atoms with Gasteiger partial charge in [-0.05, 0) is 37.8 Å². The molecule has 0 radical (unpaired) electrons. The lowest BCUT2D eigenvalue weighted by atomic mass is 10.1. The molecule has 4 heteroatoms. The number of carbonyl (C=O) groups is 1. The molecule has 1 aromatic carbocycles. The van der Waals surface area contributed by atoms with E-state index in [1.54, 1.807) is 18.2 Å². The first-order valence-corrected chi connectivity index (χ1v) is 6.98. The van der Waals surface area contributed by atoms with E-state index in [1.807, 2.05) is 6.92 Å². The molecule has 0 aromatic heterocycles. The Labute approximate surface area is 114 Å². The van der Waals surface area contributed by atoms with E-state index in [0.29, 0.717) is 35.6 Å². The second-order valence-corrected chi connectivity index (χ2v) is 5.09. The van der Waals surface area contributed by atoms with Gasteiger partial charge in [-0.25, -0.2) is 0 Å². The van der Waals surface area contributed by atoms with Crippen LogP contribution in [0, 0.1) is 5.92 Å². The molecule has 1 amide bonds. The molecule has 2 rings (SSSR count). The Morgan fingerprint density at radius 2 is 2.21 bits per heavy atom. The minimum Gasteiger partial charge on any atom is -0.494 e. The van der Waals surface area contributed by atoms with Crippen LogP contribution in [-0.2, 0) is 0 Å². The van der Waals surface area contributed by atoms with E-state index < -0.39 is 0 Å². The summed E-state index contributed by atoms with van der Waals surface area (Å²) in [5, 5.41) is 3.05. The molecule has 1 fully saturated rings. The van der Waals surface area contributed by atoms with Gasteiger partial charge in [0, 0.05) is 23.4 Å². The van der Waals surface area contributed by atoms with Gasteiger partial charge in [0.15, 0.2) is 0 Å². The Balaban J connectivity index is 1.99. The molecule has 1 aliphatic rings. The summed E-state index contributed by atoms with van der Waals surface area (Å²) in [4.78, 5) is 12.1. The van der Waals surface area contributed by atoms with E-state index in [0.717, 1.165) is 6.42 Å². The fourth-order valence-electron chi connectivity index (χ4n) is 2.37. The van der Waals surface area contributed by atoms with Gasteiger partial charge in [-0.2, -0.15) is 0 Å². The molecule has 4 nitrogen and oxygen atoms in total. The molecule has 2 atom stereocenters. The van der Waals surface area contributed by atoms with Crippen LogP contribution in [0.4, 0.5) is 5.69 Å². The highest BCUT2D eigenvalue weighted by Crippen LogP contribution is 2.34. The van der Waals surface area contributed by atoms with Crippen molar-refractivity contribution in [3.8, 4) is 5.75 Å². The number of ether oxygens (including phenoxy) is 1. The van der Waals surface area contributed by atoms with Crippen molar-refractivity contribution in [3.05, 3.63) is 23.8 Å². The van der Waals surface area contributed by atoms with Crippen LogP contribution in [0.15, 0.2) is 18.2 Å². The Hall–Kier alpha value is -1.71. The van der Waals surface area contributed by atoms with Crippen molar-refractivity contribution >= 4 is 11.6 Å². The summed E-state index contributed by atoms with van der Waals surface area (Å²) in [5.74, 6) is 1.24. The Morgan fingerprint density at radius 1 is 1.42 bits per heavy atom. The SMILES string of the molecule is CCCC1CC1NC(=O)c1cc(N)cc(OCC)c1. The number of anilines is 1. The van der Waals surface area contributed by atoms with E-state index in [2.05, 4.69) is 12.2 Å². The topological polar surface area (TPSA) is 64.4 Å². The highest BCUT2D eigenvalue weighted by atomic mass is 16.5. The maximum absolute atomic E-state index is 12.1. The third-order valence-electron chi connectivity index (χ3n) is 3.40. The summed E-state index contributed by atoms with van der Waals surface area (Å²) >= 11 is 0. The molecular weight excluding hydrogens is 240 g/mol. The first kappa shape index (κ1) is 13.7. The van der Waals surface area contributed by atoms with Crippen LogP contribution in [-0.4, -0.2) is 18.6 Å². The summed E-state index contributed by atoms with van der Waals surface area (Å²) in [6.45, 7) is 4.64. The minimum atomic E-state index is -0.0585. The van der Waals surface area contributed by atoms with Crippen molar-refractivity contribution in [2.75, 3.05) is 12.3 Å². The van der Waals surface area contributed by atoms with E-state index >= 15 is 0 Å². The predicted octanol–water partition coefficient (Wildman–Crippen LogP) is 2.59. The van der Waals surface area contributed by atoms with Gasteiger partial charge in [0.05, 0.1) is 6.61 Å². The number of benzene rings is 1. The second kappa shape index (κ2) is 5.95. The van der Waals surface area contributed by atoms with Crippen LogP contribution < -0.4 is 15.8 Å². The Bertz CT molecular complexity index is 459. The quantitative estimate of drug-likeness (QED) is 0.774. The van der Waals surface area contributed by atoms with Gasteiger partial charge < -0.3 is 15.8 Å². The van der Waals surface area contributed by atoms with Crippen LogP contribution in [0.1, 0.15) is 43.5 Å². The zero-order valence-electron chi connectivity index (χ0n) is 11.6. The highest BCUT2D eigenvalue weighted by Gasteiger charge is 2.37. The summed E-state index contributed by atoms with van der Waals surface area (Å²) < 4.78 is 5.40. The molecule has 104 valence electrons. The van der Waals surface area contributed by atoms with Crippen molar-refractivity contribution in [2.24, 2.45) is 5.92 Å². The van der Waals surface area contributed by atoms with Crippen LogP contribution >= 0.6 is 0 Å². The average Bonchev–Trinajstić information content (AvgIpc) is 3.07. The van der Waals surface area contributed by atoms with E-state index in [4.69, 9.17) is 10.5 Å². The molecule has 0 saturated heterocycles. The summed E-state index contributed by atoms with van der Waals surface area (Å²) in [6.07, 6.45) is 3.45. The number of rotatable bonds is 6. The molecule has 0 spiro atoms. The molecule has 1 aromatic rings. The third-order valence-corrected chi connectivity index (χ3v) is 3.40. The molecule has 2 unspecified atom stereocenters. The van der Waals surface area contributed by atoms with Crippen molar-refractivity contribution in [2.45, 2.75) is 39.2 Å². The molecule has 0 aliphatic heterocycles. The van der Waals surface area contributed by atoms with Crippen molar-refractivity contribution in [1.82, 2.24) is 5.32 Å². The predicted molar refractivity (Wildman–Crippen MR) is 76.3 cm³/mol. The number of amides is 1. The molecule has 0 bridgehead atoms. The van der Waals surface area contributed by atoms with Crippen molar-refractivity contribution in [1.29, 1.82) is 0 Å². The van der Waals surface area contributed by atoms with E-state index in [-0.39, 0.29) is 5.91 Å².